The van der Waals surface area contributed by atoms with Crippen LogP contribution in [-0.2, 0) is 14.3 Å². The molecule has 0 aromatic heterocycles. The molecular formula is C33H49N3O5. The van der Waals surface area contributed by atoms with E-state index in [2.05, 4.69) is 17.6 Å². The predicted octanol–water partition coefficient (Wildman–Crippen LogP) is 6.95. The SMILES string of the molecule is CCCCCCN(C(=O)C(NC(=O)OC(C)(C)C)C(C)C)C(C(=O)Nc1ccc(OC)cc1)c1cc(C)cc(C)c1. The standard InChI is InChI=1S/C33H49N3O5/c1-10-11-12-13-18-36(31(38)28(22(2)3)35-32(39)41-33(6,7)8)29(25-20-23(4)19-24(5)21-25)30(37)34-26-14-16-27(40-9)17-15-26/h14-17,19-22,28-29H,10-13,18H2,1-9H3,(H,34,37)(H,35,39). The van der Waals surface area contributed by atoms with Crippen molar-refractivity contribution in [1.29, 1.82) is 0 Å². The van der Waals surface area contributed by atoms with Crippen LogP contribution in [0.1, 0.15) is 90.0 Å². The number of methoxy groups -OCH3 is 1. The fourth-order valence-corrected chi connectivity index (χ4v) is 4.73. The molecule has 8 heteroatoms. The van der Waals surface area contributed by atoms with Crippen molar-refractivity contribution in [1.82, 2.24) is 10.2 Å². The molecule has 0 saturated heterocycles. The summed E-state index contributed by atoms with van der Waals surface area (Å²) in [5, 5.41) is 5.79. The summed E-state index contributed by atoms with van der Waals surface area (Å²) in [5.74, 6) is -0.215. The number of hydrogen-bond donors (Lipinski definition) is 2. The molecule has 2 rings (SSSR count). The molecule has 41 heavy (non-hydrogen) atoms. The van der Waals surface area contributed by atoms with E-state index in [0.29, 0.717) is 18.0 Å². The molecule has 0 saturated carbocycles. The van der Waals surface area contributed by atoms with Gasteiger partial charge < -0.3 is 25.0 Å². The smallest absolute Gasteiger partial charge is 0.408 e. The van der Waals surface area contributed by atoms with Gasteiger partial charge in [-0.05, 0) is 76.8 Å². The van der Waals surface area contributed by atoms with Crippen LogP contribution in [0.25, 0.3) is 0 Å². The molecular weight excluding hydrogens is 518 g/mol. The average molecular weight is 568 g/mol. The van der Waals surface area contributed by atoms with E-state index in [0.717, 1.165) is 42.4 Å². The maximum atomic E-state index is 14.3. The molecule has 0 radical (unpaired) electrons. The summed E-state index contributed by atoms with van der Waals surface area (Å²) < 4.78 is 10.7. The van der Waals surface area contributed by atoms with Gasteiger partial charge in [-0.15, -0.1) is 0 Å². The average Bonchev–Trinajstić information content (AvgIpc) is 2.87. The summed E-state index contributed by atoms with van der Waals surface area (Å²) in [6.45, 7) is 15.5. The lowest BCUT2D eigenvalue weighted by Gasteiger charge is -2.36. The van der Waals surface area contributed by atoms with Crippen molar-refractivity contribution in [2.24, 2.45) is 5.92 Å². The first-order valence-electron chi connectivity index (χ1n) is 14.6. The second-order valence-corrected chi connectivity index (χ2v) is 12.0. The van der Waals surface area contributed by atoms with Crippen molar-refractivity contribution in [3.63, 3.8) is 0 Å². The Morgan fingerprint density at radius 2 is 1.54 bits per heavy atom. The van der Waals surface area contributed by atoms with Crippen molar-refractivity contribution in [3.05, 3.63) is 59.2 Å². The summed E-state index contributed by atoms with van der Waals surface area (Å²) in [4.78, 5) is 42.8. The van der Waals surface area contributed by atoms with Crippen molar-refractivity contribution in [2.45, 2.75) is 98.8 Å². The minimum absolute atomic E-state index is 0.238. The molecule has 8 nitrogen and oxygen atoms in total. The number of benzene rings is 2. The third-order valence-corrected chi connectivity index (χ3v) is 6.62. The molecule has 0 bridgehead atoms. The fourth-order valence-electron chi connectivity index (χ4n) is 4.73. The highest BCUT2D eigenvalue weighted by molar-refractivity contribution is 5.99. The normalized spacial score (nSPS) is 12.8. The summed E-state index contributed by atoms with van der Waals surface area (Å²) in [6, 6.07) is 11.2. The maximum Gasteiger partial charge on any atom is 0.408 e. The van der Waals surface area contributed by atoms with E-state index in [9.17, 15) is 14.4 Å². The largest absolute Gasteiger partial charge is 0.497 e. The topological polar surface area (TPSA) is 97.0 Å². The molecule has 0 aliphatic heterocycles. The fraction of sp³-hybridized carbons (Fsp3) is 0.545. The van der Waals surface area contributed by atoms with E-state index in [1.165, 1.54) is 0 Å². The Morgan fingerprint density at radius 3 is 2.05 bits per heavy atom. The van der Waals surface area contributed by atoms with Gasteiger partial charge in [0.05, 0.1) is 7.11 Å². The van der Waals surface area contributed by atoms with Crippen LogP contribution < -0.4 is 15.4 Å². The number of carbonyl (C=O) groups is 3. The lowest BCUT2D eigenvalue weighted by Crippen LogP contribution is -2.54. The second kappa shape index (κ2) is 15.5. The number of nitrogens with zero attached hydrogens (tertiary/aromatic N) is 1. The van der Waals surface area contributed by atoms with Gasteiger partial charge in [0, 0.05) is 12.2 Å². The Morgan fingerprint density at radius 1 is 0.927 bits per heavy atom. The monoisotopic (exact) mass is 567 g/mol. The molecule has 0 aliphatic carbocycles. The predicted molar refractivity (Wildman–Crippen MR) is 164 cm³/mol. The van der Waals surface area contributed by atoms with Gasteiger partial charge in [0.15, 0.2) is 0 Å². The second-order valence-electron chi connectivity index (χ2n) is 12.0. The maximum absolute atomic E-state index is 14.3. The Hall–Kier alpha value is -3.55. The van der Waals surface area contributed by atoms with Crippen LogP contribution in [-0.4, -0.2) is 48.1 Å². The molecule has 2 unspecified atom stereocenters. The lowest BCUT2D eigenvalue weighted by molar-refractivity contribution is -0.141. The number of unbranched alkanes of at least 4 members (excludes halogenated alkanes) is 3. The molecule has 3 amide bonds. The zero-order valence-electron chi connectivity index (χ0n) is 26.3. The minimum atomic E-state index is -0.911. The minimum Gasteiger partial charge on any atom is -0.497 e. The van der Waals surface area contributed by atoms with Gasteiger partial charge in [-0.1, -0.05) is 69.4 Å². The molecule has 2 N–H and O–H groups in total. The molecule has 0 spiro atoms. The molecule has 0 aliphatic rings. The number of hydrogen-bond acceptors (Lipinski definition) is 5. The van der Waals surface area contributed by atoms with Crippen molar-refractivity contribution >= 4 is 23.6 Å². The van der Waals surface area contributed by atoms with E-state index < -0.39 is 23.8 Å². The van der Waals surface area contributed by atoms with Crippen LogP contribution in [0.15, 0.2) is 42.5 Å². The van der Waals surface area contributed by atoms with Crippen molar-refractivity contribution < 1.29 is 23.9 Å². The van der Waals surface area contributed by atoms with Gasteiger partial charge in [-0.3, -0.25) is 9.59 Å². The lowest BCUT2D eigenvalue weighted by atomic mass is 9.96. The van der Waals surface area contributed by atoms with Gasteiger partial charge in [0.2, 0.25) is 5.91 Å². The van der Waals surface area contributed by atoms with E-state index >= 15 is 0 Å². The Labute approximate surface area is 246 Å². The van der Waals surface area contributed by atoms with E-state index in [1.807, 2.05) is 45.9 Å². The number of ether oxygens (including phenoxy) is 2. The Balaban J connectivity index is 2.56. The third kappa shape index (κ3) is 10.7. The Bertz CT molecular complexity index is 1130. The first kappa shape index (κ1) is 33.7. The van der Waals surface area contributed by atoms with Gasteiger partial charge in [-0.2, -0.15) is 0 Å². The van der Waals surface area contributed by atoms with Crippen LogP contribution in [0.2, 0.25) is 0 Å². The van der Waals surface area contributed by atoms with Crippen molar-refractivity contribution in [3.8, 4) is 5.75 Å². The van der Waals surface area contributed by atoms with Gasteiger partial charge >= 0.3 is 6.09 Å². The number of nitrogens with one attached hydrogen (secondary N) is 2. The van der Waals surface area contributed by atoms with Crippen LogP contribution >= 0.6 is 0 Å². The number of amides is 3. The van der Waals surface area contributed by atoms with Gasteiger partial charge in [0.1, 0.15) is 23.4 Å². The molecule has 226 valence electrons. The number of anilines is 1. The highest BCUT2D eigenvalue weighted by Crippen LogP contribution is 2.28. The molecule has 2 aromatic carbocycles. The molecule has 0 fully saturated rings. The van der Waals surface area contributed by atoms with Crippen LogP contribution in [0.4, 0.5) is 10.5 Å². The number of aryl methyl sites for hydroxylation is 2. The Kier molecular flexibility index (Phi) is 12.7. The van der Waals surface area contributed by atoms with Crippen molar-refractivity contribution in [2.75, 3.05) is 19.0 Å². The summed E-state index contributed by atoms with van der Waals surface area (Å²) in [5.41, 5.74) is 2.59. The van der Waals surface area contributed by atoms with Crippen LogP contribution in [0, 0.1) is 19.8 Å². The van der Waals surface area contributed by atoms with E-state index in [4.69, 9.17) is 9.47 Å². The number of alkyl carbamates (subject to hydrolysis) is 1. The van der Waals surface area contributed by atoms with Gasteiger partial charge in [0.25, 0.3) is 5.91 Å². The summed E-state index contributed by atoms with van der Waals surface area (Å²) >= 11 is 0. The molecule has 0 heterocycles. The number of rotatable bonds is 13. The van der Waals surface area contributed by atoms with Crippen LogP contribution in [0.3, 0.4) is 0 Å². The zero-order chi connectivity index (χ0) is 30.7. The summed E-state index contributed by atoms with van der Waals surface area (Å²) in [7, 11) is 1.59. The molecule has 2 atom stereocenters. The first-order valence-corrected chi connectivity index (χ1v) is 14.6. The first-order chi connectivity index (χ1) is 19.2. The zero-order valence-corrected chi connectivity index (χ0v) is 26.3. The number of carbonyl (C=O) groups excluding carboxylic acids is 3. The third-order valence-electron chi connectivity index (χ3n) is 6.62. The quantitative estimate of drug-likeness (QED) is 0.255. The molecule has 2 aromatic rings. The van der Waals surface area contributed by atoms with E-state index in [-0.39, 0.29) is 17.7 Å². The highest BCUT2D eigenvalue weighted by atomic mass is 16.6. The highest BCUT2D eigenvalue weighted by Gasteiger charge is 2.37. The van der Waals surface area contributed by atoms with Crippen LogP contribution in [0.5, 0.6) is 5.75 Å². The van der Waals surface area contributed by atoms with E-state index in [1.54, 1.807) is 57.0 Å². The van der Waals surface area contributed by atoms with Gasteiger partial charge in [-0.25, -0.2) is 4.79 Å². The summed E-state index contributed by atoms with van der Waals surface area (Å²) in [6.07, 6.45) is 3.06.